The summed E-state index contributed by atoms with van der Waals surface area (Å²) in [6.45, 7) is 0. The molecule has 5 rings (SSSR count). The lowest BCUT2D eigenvalue weighted by atomic mass is 9.85. The molecule has 12 heteroatoms. The predicted molar refractivity (Wildman–Crippen MR) is 150 cm³/mol. The van der Waals surface area contributed by atoms with E-state index in [1.165, 1.54) is 24.3 Å². The van der Waals surface area contributed by atoms with Crippen molar-refractivity contribution < 1.29 is 13.2 Å². The Morgan fingerprint density at radius 2 is 0.978 bits per heavy atom. The normalized spacial score (nSPS) is 11.9. The van der Waals surface area contributed by atoms with Gasteiger partial charge in [-0.15, -0.1) is 0 Å². The minimum atomic E-state index is -4.74. The van der Waals surface area contributed by atoms with Crippen molar-refractivity contribution >= 4 is 22.3 Å². The predicted octanol–water partition coefficient (Wildman–Crippen LogP) is 6.27. The molecule has 0 saturated carbocycles. The maximum absolute atomic E-state index is 13.6. The minimum Gasteiger partial charge on any atom is -0.192 e. The summed E-state index contributed by atoms with van der Waals surface area (Å²) >= 11 is 0. The van der Waals surface area contributed by atoms with Gasteiger partial charge in [0.1, 0.15) is 65.8 Å². The Hall–Kier alpha value is -7.92. The van der Waals surface area contributed by atoms with E-state index in [-0.39, 0.29) is 55.7 Å². The van der Waals surface area contributed by atoms with Gasteiger partial charge in [0.25, 0.3) is 0 Å². The number of halogens is 3. The number of hydrogen-bond acceptors (Lipinski definition) is 9. The van der Waals surface area contributed by atoms with Gasteiger partial charge >= 0.3 is 6.18 Å². The SMILES string of the molecule is N#CC(C#N)=C1c2cc(C3=C(C#N)c4c(C#N)c(C#N)c(C#N)c(C#N)c4C3=C(C#N)C#N)ccc2-c2ccc(C(F)(F)F)cc21. The maximum Gasteiger partial charge on any atom is 0.416 e. The van der Waals surface area contributed by atoms with E-state index in [0.717, 1.165) is 12.1 Å². The van der Waals surface area contributed by atoms with Crippen LogP contribution in [-0.4, -0.2) is 0 Å². The van der Waals surface area contributed by atoms with Crippen LogP contribution in [0.2, 0.25) is 0 Å². The first-order valence-corrected chi connectivity index (χ1v) is 12.6. The highest BCUT2D eigenvalue weighted by Crippen LogP contribution is 2.54. The zero-order valence-corrected chi connectivity index (χ0v) is 22.6. The number of nitriles is 9. The van der Waals surface area contributed by atoms with Crippen LogP contribution >= 0.6 is 0 Å². The van der Waals surface area contributed by atoms with Gasteiger partial charge in [-0.2, -0.15) is 60.5 Å². The summed E-state index contributed by atoms with van der Waals surface area (Å²) in [6, 6.07) is 22.8. The van der Waals surface area contributed by atoms with Gasteiger partial charge in [0.05, 0.1) is 33.4 Å². The van der Waals surface area contributed by atoms with E-state index in [4.69, 9.17) is 0 Å². The molecule has 0 unspecified atom stereocenters. The molecule has 0 heterocycles. The molecule has 3 aromatic rings. The van der Waals surface area contributed by atoms with E-state index in [2.05, 4.69) is 0 Å². The highest BCUT2D eigenvalue weighted by Gasteiger charge is 2.39. The lowest BCUT2D eigenvalue weighted by Gasteiger charge is -2.13. The summed E-state index contributed by atoms with van der Waals surface area (Å²) in [7, 11) is 0. The molecule has 0 bridgehead atoms. The second kappa shape index (κ2) is 10.7. The molecule has 9 nitrogen and oxygen atoms in total. The molecular weight excluding hydrogens is 591 g/mol. The third-order valence-electron chi connectivity index (χ3n) is 7.49. The Balaban J connectivity index is 1.96. The molecule has 2 aliphatic rings. The van der Waals surface area contributed by atoms with Gasteiger partial charge in [-0.05, 0) is 46.0 Å². The van der Waals surface area contributed by atoms with Crippen molar-refractivity contribution in [3.8, 4) is 65.7 Å². The summed E-state index contributed by atoms with van der Waals surface area (Å²) < 4.78 is 40.9. The number of allylic oxidation sites excluding steroid dienone is 5. The Labute approximate surface area is 257 Å². The molecule has 0 radical (unpaired) electrons. The fraction of sp³-hybridized carbons (Fsp3) is 0.0294. The maximum atomic E-state index is 13.6. The molecule has 0 saturated heterocycles. The second-order valence-electron chi connectivity index (χ2n) is 9.52. The standard InChI is InChI=1S/C34H6F3N9/c35-34(36,37)19-2-4-21-20-3-1-16(5-22(20)29(23(21)6-19)17(7-38)8-39)30-28(15-46)32-26(13-44)24(11-42)25(12-43)27(14-45)33(32)31(30)18(9-40)10-41/h1-6H. The Morgan fingerprint density at radius 3 is 1.46 bits per heavy atom. The zero-order chi connectivity index (χ0) is 33.5. The fourth-order valence-electron chi connectivity index (χ4n) is 5.71. The van der Waals surface area contributed by atoms with Crippen molar-refractivity contribution in [3.63, 3.8) is 0 Å². The van der Waals surface area contributed by atoms with Crippen LogP contribution in [0.1, 0.15) is 55.6 Å². The van der Waals surface area contributed by atoms with E-state index in [0.29, 0.717) is 5.56 Å². The molecule has 0 N–H and O–H groups in total. The molecule has 0 fully saturated rings. The zero-order valence-electron chi connectivity index (χ0n) is 22.6. The molecule has 0 aliphatic heterocycles. The number of benzene rings is 3. The highest BCUT2D eigenvalue weighted by atomic mass is 19.4. The number of hydrogen-bond donors (Lipinski definition) is 0. The van der Waals surface area contributed by atoms with Crippen LogP contribution in [0.25, 0.3) is 33.4 Å². The van der Waals surface area contributed by atoms with Crippen LogP contribution in [0.4, 0.5) is 13.2 Å². The van der Waals surface area contributed by atoms with E-state index < -0.39 is 45.1 Å². The summed E-state index contributed by atoms with van der Waals surface area (Å²) in [6.07, 6.45) is -4.74. The Morgan fingerprint density at radius 1 is 0.500 bits per heavy atom. The Bertz CT molecular complexity index is 2470. The van der Waals surface area contributed by atoms with E-state index >= 15 is 0 Å². The van der Waals surface area contributed by atoms with E-state index in [9.17, 15) is 60.5 Å². The van der Waals surface area contributed by atoms with Gasteiger partial charge < -0.3 is 0 Å². The first-order chi connectivity index (χ1) is 22.1. The van der Waals surface area contributed by atoms with Crippen molar-refractivity contribution in [1.29, 1.82) is 47.4 Å². The van der Waals surface area contributed by atoms with Crippen LogP contribution in [0.5, 0.6) is 0 Å². The van der Waals surface area contributed by atoms with Gasteiger partial charge in [0.15, 0.2) is 0 Å². The number of fused-ring (bicyclic) bond motifs is 4. The minimum absolute atomic E-state index is 0.0503. The molecule has 0 aromatic heterocycles. The molecule has 2 aliphatic carbocycles. The summed E-state index contributed by atoms with van der Waals surface area (Å²) in [5.41, 5.74) is -4.72. The van der Waals surface area contributed by atoms with Crippen molar-refractivity contribution in [1.82, 2.24) is 0 Å². The largest absolute Gasteiger partial charge is 0.416 e. The lowest BCUT2D eigenvalue weighted by molar-refractivity contribution is -0.137. The topological polar surface area (TPSA) is 214 Å². The molecular formula is C34H6F3N9. The second-order valence-corrected chi connectivity index (χ2v) is 9.52. The van der Waals surface area contributed by atoms with Gasteiger partial charge in [-0.1, -0.05) is 18.2 Å². The molecule has 0 spiro atoms. The van der Waals surface area contributed by atoms with Crippen molar-refractivity contribution in [2.24, 2.45) is 0 Å². The van der Waals surface area contributed by atoms with Gasteiger partial charge in [0.2, 0.25) is 0 Å². The third-order valence-corrected chi connectivity index (χ3v) is 7.49. The van der Waals surface area contributed by atoms with Crippen LogP contribution in [-0.2, 0) is 6.18 Å². The first-order valence-electron chi connectivity index (χ1n) is 12.6. The summed E-state index contributed by atoms with van der Waals surface area (Å²) in [5.74, 6) is 0. The number of alkyl halides is 3. The third kappa shape index (κ3) is 3.95. The summed E-state index contributed by atoms with van der Waals surface area (Å²) in [5, 5.41) is 89.5. The molecule has 3 aromatic carbocycles. The first kappa shape index (κ1) is 29.6. The van der Waals surface area contributed by atoms with E-state index in [1.807, 2.05) is 6.07 Å². The van der Waals surface area contributed by atoms with Crippen LogP contribution in [0, 0.1) is 102 Å². The lowest BCUT2D eigenvalue weighted by Crippen LogP contribution is -2.05. The fourth-order valence-corrected chi connectivity index (χ4v) is 5.71. The van der Waals surface area contributed by atoms with Crippen molar-refractivity contribution in [2.75, 3.05) is 0 Å². The Kier molecular flexibility index (Phi) is 6.90. The van der Waals surface area contributed by atoms with Crippen LogP contribution < -0.4 is 0 Å². The van der Waals surface area contributed by atoms with Crippen molar-refractivity contribution in [3.05, 3.63) is 103 Å². The smallest absolute Gasteiger partial charge is 0.192 e. The number of rotatable bonds is 1. The quantitative estimate of drug-likeness (QED) is 0.226. The van der Waals surface area contributed by atoms with Gasteiger partial charge in [0, 0.05) is 27.8 Å². The summed E-state index contributed by atoms with van der Waals surface area (Å²) in [4.78, 5) is 0. The van der Waals surface area contributed by atoms with Crippen molar-refractivity contribution in [2.45, 2.75) is 6.18 Å². The molecule has 208 valence electrons. The molecule has 46 heavy (non-hydrogen) atoms. The highest BCUT2D eigenvalue weighted by molar-refractivity contribution is 6.27. The monoisotopic (exact) mass is 597 g/mol. The average Bonchev–Trinajstić information content (AvgIpc) is 3.56. The van der Waals surface area contributed by atoms with Crippen LogP contribution in [0.15, 0.2) is 47.5 Å². The molecule has 0 atom stereocenters. The van der Waals surface area contributed by atoms with Crippen LogP contribution in [0.3, 0.4) is 0 Å². The van der Waals surface area contributed by atoms with E-state index in [1.54, 1.807) is 48.6 Å². The van der Waals surface area contributed by atoms with Gasteiger partial charge in [-0.25, -0.2) is 0 Å². The molecule has 0 amide bonds. The average molecular weight is 597 g/mol. The van der Waals surface area contributed by atoms with Gasteiger partial charge in [-0.3, -0.25) is 0 Å². The number of nitrogens with zero attached hydrogens (tertiary/aromatic N) is 9.